The largest absolute Gasteiger partial charge is 0.322 e. The van der Waals surface area contributed by atoms with E-state index in [1.807, 2.05) is 0 Å². The van der Waals surface area contributed by atoms with Crippen molar-refractivity contribution in [3.63, 3.8) is 0 Å². The molecule has 2 aliphatic carbocycles. The number of hydrogen-bond acceptors (Lipinski definition) is 4. The van der Waals surface area contributed by atoms with Gasteiger partial charge in [-0.1, -0.05) is 86.9 Å². The third-order valence-electron chi connectivity index (χ3n) is 9.26. The van der Waals surface area contributed by atoms with E-state index < -0.39 is 16.5 Å². The third kappa shape index (κ3) is 4.77. The summed E-state index contributed by atoms with van der Waals surface area (Å²) in [5.74, 6) is 0. The molecule has 0 amide bonds. The zero-order valence-corrected chi connectivity index (χ0v) is 25.2. The summed E-state index contributed by atoms with van der Waals surface area (Å²) in [6, 6.07) is 19.3. The van der Waals surface area contributed by atoms with E-state index in [0.717, 1.165) is 6.67 Å². The molecule has 2 aliphatic heterocycles. The van der Waals surface area contributed by atoms with Crippen molar-refractivity contribution in [3.05, 3.63) is 82.9 Å². The second kappa shape index (κ2) is 10.1. The van der Waals surface area contributed by atoms with Crippen LogP contribution in [0.25, 0.3) is 10.4 Å². The van der Waals surface area contributed by atoms with Crippen molar-refractivity contribution < 1.29 is 0 Å². The lowest BCUT2D eigenvalue weighted by atomic mass is 10.1. The Bertz CT molecular complexity index is 1110. The number of benzene rings is 2. The Labute approximate surface area is 226 Å². The van der Waals surface area contributed by atoms with E-state index in [2.05, 4.69) is 107 Å². The number of nitrogens with one attached hydrogen (secondary N) is 2. The van der Waals surface area contributed by atoms with Crippen molar-refractivity contribution in [1.29, 1.82) is 0 Å². The molecule has 2 heterocycles. The SMILES string of the molecule is C[Si](C)(NCN[Si](C)(C)C1=CC(N2CCCC2)c2ccccc21)C1=CC(N2CCCC2)c2ccccc21. The van der Waals surface area contributed by atoms with Crippen LogP contribution in [0.3, 0.4) is 0 Å². The van der Waals surface area contributed by atoms with Crippen molar-refractivity contribution in [3.8, 4) is 0 Å². The maximum atomic E-state index is 4.06. The van der Waals surface area contributed by atoms with Crippen LogP contribution in [0.2, 0.25) is 26.2 Å². The summed E-state index contributed by atoms with van der Waals surface area (Å²) >= 11 is 0. The fourth-order valence-electron chi connectivity index (χ4n) is 7.09. The molecule has 0 aromatic heterocycles. The van der Waals surface area contributed by atoms with Gasteiger partial charge in [0.1, 0.15) is 0 Å². The number of likely N-dealkylation sites (tertiary alicyclic amines) is 2. The van der Waals surface area contributed by atoms with Gasteiger partial charge in [0.25, 0.3) is 0 Å². The normalized spacial score (nSPS) is 24.3. The van der Waals surface area contributed by atoms with Gasteiger partial charge in [0.2, 0.25) is 0 Å². The van der Waals surface area contributed by atoms with Crippen molar-refractivity contribution >= 4 is 26.9 Å². The Morgan fingerprint density at radius 2 is 1.00 bits per heavy atom. The third-order valence-corrected chi connectivity index (χ3v) is 15.0. The lowest BCUT2D eigenvalue weighted by Crippen LogP contribution is -2.56. The molecule has 37 heavy (non-hydrogen) atoms. The van der Waals surface area contributed by atoms with E-state index in [1.54, 1.807) is 10.4 Å². The molecule has 2 aromatic carbocycles. The molecule has 6 rings (SSSR count). The lowest BCUT2D eigenvalue weighted by Gasteiger charge is -2.31. The highest BCUT2D eigenvalue weighted by atomic mass is 28.3. The Morgan fingerprint density at radius 3 is 1.41 bits per heavy atom. The van der Waals surface area contributed by atoms with Crippen LogP contribution in [0.5, 0.6) is 0 Å². The molecule has 0 bridgehead atoms. The second-order valence-electron chi connectivity index (χ2n) is 12.5. The second-order valence-corrected chi connectivity index (χ2v) is 20.8. The molecule has 196 valence electrons. The molecule has 4 nitrogen and oxygen atoms in total. The van der Waals surface area contributed by atoms with Crippen molar-refractivity contribution in [1.82, 2.24) is 19.8 Å². The predicted molar refractivity (Wildman–Crippen MR) is 162 cm³/mol. The van der Waals surface area contributed by atoms with Crippen molar-refractivity contribution in [2.45, 2.75) is 64.0 Å². The van der Waals surface area contributed by atoms with Crippen LogP contribution in [0.15, 0.2) is 60.7 Å². The fourth-order valence-corrected chi connectivity index (χ4v) is 11.7. The van der Waals surface area contributed by atoms with E-state index in [-0.39, 0.29) is 0 Å². The molecule has 2 atom stereocenters. The minimum Gasteiger partial charge on any atom is -0.322 e. The van der Waals surface area contributed by atoms with Gasteiger partial charge >= 0.3 is 0 Å². The van der Waals surface area contributed by atoms with Crippen molar-refractivity contribution in [2.75, 3.05) is 32.8 Å². The van der Waals surface area contributed by atoms with Gasteiger partial charge in [0.05, 0.1) is 12.1 Å². The van der Waals surface area contributed by atoms with Gasteiger partial charge in [-0.2, -0.15) is 0 Å². The summed E-state index contributed by atoms with van der Waals surface area (Å²) in [7, 11) is -3.69. The van der Waals surface area contributed by atoms with Gasteiger partial charge in [-0.25, -0.2) is 0 Å². The first-order chi connectivity index (χ1) is 17.9. The highest BCUT2D eigenvalue weighted by Crippen LogP contribution is 2.44. The van der Waals surface area contributed by atoms with Crippen LogP contribution >= 0.6 is 0 Å². The van der Waals surface area contributed by atoms with E-state index >= 15 is 0 Å². The summed E-state index contributed by atoms with van der Waals surface area (Å²) in [5, 5.41) is 3.17. The van der Waals surface area contributed by atoms with Crippen LogP contribution in [0.1, 0.15) is 60.0 Å². The average molecular weight is 529 g/mol. The Kier molecular flexibility index (Phi) is 6.93. The maximum Gasteiger partial charge on any atom is 0.152 e. The number of hydrogen-bond donors (Lipinski definition) is 2. The monoisotopic (exact) mass is 528 g/mol. The van der Waals surface area contributed by atoms with Crippen molar-refractivity contribution in [2.24, 2.45) is 0 Å². The zero-order valence-electron chi connectivity index (χ0n) is 23.2. The molecule has 2 saturated heterocycles. The number of nitrogens with zero attached hydrogens (tertiary/aromatic N) is 2. The van der Waals surface area contributed by atoms with Gasteiger partial charge in [0, 0.05) is 6.67 Å². The highest BCUT2D eigenvalue weighted by molar-refractivity contribution is 6.94. The molecular weight excluding hydrogens is 485 g/mol. The summed E-state index contributed by atoms with van der Waals surface area (Å²) in [5.41, 5.74) is 6.01. The zero-order chi connectivity index (χ0) is 25.6. The Morgan fingerprint density at radius 1 is 0.622 bits per heavy atom. The molecule has 2 N–H and O–H groups in total. The lowest BCUT2D eigenvalue weighted by molar-refractivity contribution is 0.291. The van der Waals surface area contributed by atoms with Gasteiger partial charge in [0.15, 0.2) is 16.5 Å². The molecule has 2 aromatic rings. The maximum absolute atomic E-state index is 4.06. The molecule has 0 spiro atoms. The van der Waals surface area contributed by atoms with Crippen LogP contribution in [0, 0.1) is 0 Å². The van der Waals surface area contributed by atoms with Gasteiger partial charge in [-0.3, -0.25) is 9.80 Å². The number of fused-ring (bicyclic) bond motifs is 2. The molecule has 0 radical (unpaired) electrons. The summed E-state index contributed by atoms with van der Waals surface area (Å²) in [4.78, 5) is 13.5. The molecule has 0 saturated carbocycles. The summed E-state index contributed by atoms with van der Waals surface area (Å²) in [6.45, 7) is 15.8. The molecular formula is C31H44N4Si2. The molecule has 4 aliphatic rings. The summed E-state index contributed by atoms with van der Waals surface area (Å²) < 4.78 is 0. The fraction of sp³-hybridized carbons (Fsp3) is 0.484. The van der Waals surface area contributed by atoms with Gasteiger partial charge < -0.3 is 9.96 Å². The van der Waals surface area contributed by atoms with Crippen LogP contribution in [0.4, 0.5) is 0 Å². The van der Waals surface area contributed by atoms with Gasteiger partial charge in [-0.15, -0.1) is 0 Å². The average Bonchev–Trinajstić information content (AvgIpc) is 3.68. The first-order valence-corrected chi connectivity index (χ1v) is 20.5. The minimum atomic E-state index is -1.84. The smallest absolute Gasteiger partial charge is 0.152 e. The topological polar surface area (TPSA) is 30.5 Å². The minimum absolute atomic E-state index is 0.462. The van der Waals surface area contributed by atoms with Crippen LogP contribution in [-0.2, 0) is 0 Å². The number of rotatable bonds is 8. The van der Waals surface area contributed by atoms with E-state index in [4.69, 9.17) is 0 Å². The van der Waals surface area contributed by atoms with Gasteiger partial charge in [-0.05, 0) is 84.5 Å². The van der Waals surface area contributed by atoms with E-state index in [9.17, 15) is 0 Å². The molecule has 2 unspecified atom stereocenters. The van der Waals surface area contributed by atoms with Crippen LogP contribution < -0.4 is 9.96 Å². The first kappa shape index (κ1) is 25.5. The first-order valence-electron chi connectivity index (χ1n) is 14.5. The predicted octanol–water partition coefficient (Wildman–Crippen LogP) is 6.08. The van der Waals surface area contributed by atoms with E-state index in [0.29, 0.717) is 12.1 Å². The standard InChI is InChI=1S/C31H44N4Si2/c1-36(2,30-21-28(34-17-9-10-18-34)24-13-5-7-15-26(24)30)32-23-33-37(3,4)31-22-29(35-19-11-12-20-35)25-14-6-8-16-27(25)31/h5-8,13-16,21-22,28-29,32-33H,9-12,17-20,23H2,1-4H3. The Hall–Kier alpha value is -1.81. The summed E-state index contributed by atoms with van der Waals surface area (Å²) in [6.07, 6.45) is 10.6. The quantitative estimate of drug-likeness (QED) is 0.321. The van der Waals surface area contributed by atoms with Crippen LogP contribution in [-0.4, -0.2) is 59.1 Å². The molecule has 6 heteroatoms. The highest BCUT2D eigenvalue weighted by Gasteiger charge is 2.39. The van der Waals surface area contributed by atoms with E-state index in [1.165, 1.54) is 74.1 Å². The Balaban J connectivity index is 1.18. The molecule has 2 fully saturated rings.